The Hall–Kier alpha value is -3.14. The minimum absolute atomic E-state index is 0.000785. The van der Waals surface area contributed by atoms with Gasteiger partial charge >= 0.3 is 0 Å². The van der Waals surface area contributed by atoms with Gasteiger partial charge < -0.3 is 14.7 Å². The molecule has 1 N–H and O–H groups in total. The summed E-state index contributed by atoms with van der Waals surface area (Å²) in [4.78, 5) is 2.31. The summed E-state index contributed by atoms with van der Waals surface area (Å²) in [6.07, 6.45) is 3.47. The smallest absolute Gasteiger partial charge is 0.163 e. The van der Waals surface area contributed by atoms with Gasteiger partial charge in [0.05, 0.1) is 12.0 Å². The van der Waals surface area contributed by atoms with Crippen LogP contribution >= 0.6 is 0 Å². The molecule has 0 spiro atoms. The lowest BCUT2D eigenvalue weighted by molar-refractivity contribution is -0.101. The molecule has 198 valence electrons. The molecule has 3 aromatic rings. The zero-order valence-electron chi connectivity index (χ0n) is 24.1. The number of hydrogen-bond acceptors (Lipinski definition) is 3. The maximum absolute atomic E-state index is 11.2. The number of benzene rings is 3. The van der Waals surface area contributed by atoms with Crippen LogP contribution < -0.4 is 0 Å². The molecule has 0 amide bonds. The van der Waals surface area contributed by atoms with Crippen LogP contribution in [0.5, 0.6) is 0 Å². The van der Waals surface area contributed by atoms with Gasteiger partial charge in [-0.05, 0) is 76.4 Å². The molecule has 5 rings (SSSR count). The second-order valence-corrected chi connectivity index (χ2v) is 12.2. The van der Waals surface area contributed by atoms with E-state index in [-0.39, 0.29) is 23.3 Å². The third-order valence-electron chi connectivity index (χ3n) is 8.34. The summed E-state index contributed by atoms with van der Waals surface area (Å²) in [5.74, 6) is -0.186. The van der Waals surface area contributed by atoms with Gasteiger partial charge in [0.2, 0.25) is 0 Å². The molecule has 1 aliphatic heterocycles. The average Bonchev–Trinajstić information content (AvgIpc) is 2.86. The number of ether oxygens (including phenoxy) is 1. The van der Waals surface area contributed by atoms with Gasteiger partial charge in [0.25, 0.3) is 0 Å². The topological polar surface area (TPSA) is 32.7 Å². The number of fused-ring (bicyclic) bond motifs is 2. The van der Waals surface area contributed by atoms with Crippen molar-refractivity contribution in [1.29, 1.82) is 0 Å². The summed E-state index contributed by atoms with van der Waals surface area (Å²) in [5.41, 5.74) is 11.4. The van der Waals surface area contributed by atoms with Gasteiger partial charge in [-0.25, -0.2) is 0 Å². The Morgan fingerprint density at radius 1 is 1.03 bits per heavy atom. The molecule has 4 unspecified atom stereocenters. The summed E-state index contributed by atoms with van der Waals surface area (Å²) in [5, 5.41) is 13.8. The van der Waals surface area contributed by atoms with Crippen molar-refractivity contribution in [2.45, 2.75) is 65.7 Å². The van der Waals surface area contributed by atoms with Crippen molar-refractivity contribution in [2.75, 3.05) is 14.2 Å². The van der Waals surface area contributed by atoms with Gasteiger partial charge in [0.1, 0.15) is 0 Å². The molecular weight excluding hydrogens is 466 g/mol. The number of likely N-dealkylation sites (N-methyl/N-ethyl adjacent to an activating group) is 1. The fraction of sp³-hybridized carbons (Fsp3) is 0.371. The first kappa shape index (κ1) is 26.5. The predicted octanol–water partition coefficient (Wildman–Crippen LogP) is 7.85. The highest BCUT2D eigenvalue weighted by atomic mass is 16.6. The highest BCUT2D eigenvalue weighted by Gasteiger charge is 2.45. The fourth-order valence-corrected chi connectivity index (χ4v) is 6.87. The Morgan fingerprint density at radius 2 is 1.71 bits per heavy atom. The SMILES string of the molecule is C=CC1C(C(O)OC)c2cc3c(C)cc(C)cc3c3c2C(=C(C)/C(=C\C(C)(C)C)C3c2ccccc2)N1C. The van der Waals surface area contributed by atoms with E-state index in [1.54, 1.807) is 7.11 Å². The van der Waals surface area contributed by atoms with Crippen molar-refractivity contribution >= 4 is 16.5 Å². The van der Waals surface area contributed by atoms with Crippen LogP contribution in [-0.4, -0.2) is 36.5 Å². The zero-order valence-corrected chi connectivity index (χ0v) is 24.1. The van der Waals surface area contributed by atoms with Gasteiger partial charge in [0, 0.05) is 31.3 Å². The second-order valence-electron chi connectivity index (χ2n) is 12.2. The number of allylic oxidation sites excluding steroid dienone is 3. The van der Waals surface area contributed by atoms with Crippen LogP contribution in [0.25, 0.3) is 16.5 Å². The molecule has 3 heteroatoms. The van der Waals surface area contributed by atoms with Crippen molar-refractivity contribution in [3.8, 4) is 0 Å². The number of rotatable bonds is 4. The Balaban J connectivity index is 2.04. The molecule has 3 nitrogen and oxygen atoms in total. The molecule has 0 saturated carbocycles. The minimum atomic E-state index is -0.948. The Bertz CT molecular complexity index is 1470. The van der Waals surface area contributed by atoms with E-state index in [1.807, 2.05) is 6.08 Å². The van der Waals surface area contributed by atoms with Gasteiger partial charge in [0.15, 0.2) is 6.29 Å². The highest BCUT2D eigenvalue weighted by molar-refractivity contribution is 5.99. The van der Waals surface area contributed by atoms with E-state index < -0.39 is 6.29 Å². The first-order valence-electron chi connectivity index (χ1n) is 13.6. The largest absolute Gasteiger partial charge is 0.367 e. The highest BCUT2D eigenvalue weighted by Crippen LogP contribution is 2.56. The molecule has 2 aliphatic rings. The predicted molar refractivity (Wildman–Crippen MR) is 159 cm³/mol. The quantitative estimate of drug-likeness (QED) is 0.288. The Morgan fingerprint density at radius 3 is 2.32 bits per heavy atom. The number of hydrogen-bond donors (Lipinski definition) is 1. The lowest BCUT2D eigenvalue weighted by Crippen LogP contribution is -2.45. The molecule has 1 heterocycles. The van der Waals surface area contributed by atoms with Crippen LogP contribution in [-0.2, 0) is 4.74 Å². The van der Waals surface area contributed by atoms with Gasteiger partial charge in [-0.3, -0.25) is 0 Å². The molecule has 3 aromatic carbocycles. The molecule has 0 radical (unpaired) electrons. The van der Waals surface area contributed by atoms with Gasteiger partial charge in [-0.1, -0.05) is 81.0 Å². The number of aliphatic hydroxyl groups is 1. The summed E-state index contributed by atoms with van der Waals surface area (Å²) in [6, 6.07) is 17.7. The third kappa shape index (κ3) is 4.13. The first-order valence-corrected chi connectivity index (χ1v) is 13.6. The van der Waals surface area contributed by atoms with Gasteiger partial charge in [-0.15, -0.1) is 6.58 Å². The molecule has 1 aliphatic carbocycles. The maximum atomic E-state index is 11.2. The fourth-order valence-electron chi connectivity index (χ4n) is 6.87. The normalized spacial score (nSPS) is 23.1. The van der Waals surface area contributed by atoms with Gasteiger partial charge in [-0.2, -0.15) is 0 Å². The Kier molecular flexibility index (Phi) is 6.65. The zero-order chi connectivity index (χ0) is 27.5. The summed E-state index contributed by atoms with van der Waals surface area (Å²) < 4.78 is 5.59. The molecule has 0 aromatic heterocycles. The lowest BCUT2D eigenvalue weighted by atomic mass is 9.66. The van der Waals surface area contributed by atoms with E-state index in [1.165, 1.54) is 55.4 Å². The molecule has 38 heavy (non-hydrogen) atoms. The van der Waals surface area contributed by atoms with Crippen LogP contribution in [0.4, 0.5) is 0 Å². The van der Waals surface area contributed by atoms with E-state index in [0.717, 1.165) is 5.56 Å². The number of methoxy groups -OCH3 is 1. The Labute approximate surface area is 228 Å². The third-order valence-corrected chi connectivity index (χ3v) is 8.34. The summed E-state index contributed by atoms with van der Waals surface area (Å²) >= 11 is 0. The number of aliphatic hydroxyl groups excluding tert-OH is 1. The van der Waals surface area contributed by atoms with Crippen molar-refractivity contribution in [3.63, 3.8) is 0 Å². The summed E-state index contributed by atoms with van der Waals surface area (Å²) in [7, 11) is 3.72. The first-order chi connectivity index (χ1) is 18.0. The lowest BCUT2D eigenvalue weighted by Gasteiger charge is -2.48. The number of aryl methyl sites for hydroxylation is 2. The molecule has 0 bridgehead atoms. The minimum Gasteiger partial charge on any atom is -0.367 e. The molecule has 0 saturated heterocycles. The van der Waals surface area contributed by atoms with Crippen molar-refractivity contribution < 1.29 is 9.84 Å². The summed E-state index contributed by atoms with van der Waals surface area (Å²) in [6.45, 7) is 17.7. The molecule has 4 atom stereocenters. The van der Waals surface area contributed by atoms with E-state index in [4.69, 9.17) is 4.74 Å². The van der Waals surface area contributed by atoms with Crippen LogP contribution in [0, 0.1) is 19.3 Å². The van der Waals surface area contributed by atoms with Crippen molar-refractivity contribution in [2.24, 2.45) is 5.41 Å². The maximum Gasteiger partial charge on any atom is 0.163 e. The number of nitrogens with zero attached hydrogens (tertiary/aromatic N) is 1. The van der Waals surface area contributed by atoms with Crippen molar-refractivity contribution in [1.82, 2.24) is 4.90 Å². The van der Waals surface area contributed by atoms with Crippen LogP contribution in [0.3, 0.4) is 0 Å². The van der Waals surface area contributed by atoms with Crippen LogP contribution in [0.1, 0.15) is 72.9 Å². The van der Waals surface area contributed by atoms with Crippen LogP contribution in [0.2, 0.25) is 0 Å². The van der Waals surface area contributed by atoms with E-state index in [0.29, 0.717) is 0 Å². The van der Waals surface area contributed by atoms with Crippen LogP contribution in [0.15, 0.2) is 78.4 Å². The van der Waals surface area contributed by atoms with E-state index in [2.05, 4.69) is 115 Å². The van der Waals surface area contributed by atoms with Crippen molar-refractivity contribution in [3.05, 3.63) is 112 Å². The van der Waals surface area contributed by atoms with E-state index >= 15 is 0 Å². The van der Waals surface area contributed by atoms with E-state index in [9.17, 15) is 5.11 Å². The average molecular weight is 508 g/mol. The molecular formula is C35H41NO2. The second kappa shape index (κ2) is 9.55. The molecule has 0 fully saturated rings. The monoisotopic (exact) mass is 507 g/mol. The standard InChI is InChI=1S/C35H41NO2/c1-10-28-30(34(37)38-9)26-18-24-21(3)16-20(2)17-25(24)31-29(23-14-12-11-13-15-23)27(19-35(5,6)7)22(4)33(32(26)31)36(28)8/h10-19,28-30,34,37H,1H2,2-9H3/b27-19+.